The molecule has 1 heterocycles. The second-order valence-corrected chi connectivity index (χ2v) is 6.66. The molecular weight excluding hydrogens is 463 g/mol. The molecule has 0 aromatic heterocycles. The largest absolute Gasteiger partial charge is 0.379 e. The topological polar surface area (TPSA) is 48.9 Å². The first-order chi connectivity index (χ1) is 12.3. The fraction of sp³-hybridized carbons (Fsp3) is 0.632. The summed E-state index contributed by atoms with van der Waals surface area (Å²) in [6.45, 7) is 9.70. The number of ether oxygens (including phenoxy) is 1. The Morgan fingerprint density at radius 1 is 1.23 bits per heavy atom. The van der Waals surface area contributed by atoms with Crippen molar-refractivity contribution in [3.05, 3.63) is 34.9 Å². The van der Waals surface area contributed by atoms with E-state index >= 15 is 0 Å². The van der Waals surface area contributed by atoms with Crippen LogP contribution in [0, 0.1) is 0 Å². The molecule has 1 aromatic carbocycles. The second kappa shape index (κ2) is 14.5. The van der Waals surface area contributed by atoms with E-state index in [4.69, 9.17) is 16.3 Å². The highest BCUT2D eigenvalue weighted by atomic mass is 127. The summed E-state index contributed by atoms with van der Waals surface area (Å²) >= 11 is 6.02. The Hall–Kier alpha value is -0.570. The molecule has 148 valence electrons. The van der Waals surface area contributed by atoms with Crippen LogP contribution in [0.4, 0.5) is 0 Å². The van der Waals surface area contributed by atoms with Crippen LogP contribution in [-0.2, 0) is 11.2 Å². The van der Waals surface area contributed by atoms with Crippen LogP contribution in [0.25, 0.3) is 0 Å². The zero-order valence-corrected chi connectivity index (χ0v) is 18.8. The molecular formula is C19H32ClIN4O. The Balaban J connectivity index is 0.00000338. The van der Waals surface area contributed by atoms with Gasteiger partial charge in [-0.2, -0.15) is 0 Å². The highest BCUT2D eigenvalue weighted by Gasteiger charge is 2.08. The summed E-state index contributed by atoms with van der Waals surface area (Å²) in [5.41, 5.74) is 1.24. The van der Waals surface area contributed by atoms with E-state index in [0.717, 1.165) is 76.3 Å². The third-order valence-electron chi connectivity index (χ3n) is 4.20. The minimum atomic E-state index is 0. The second-order valence-electron chi connectivity index (χ2n) is 6.23. The summed E-state index contributed by atoms with van der Waals surface area (Å²) in [5.74, 6) is 0.899. The zero-order chi connectivity index (χ0) is 17.7. The Morgan fingerprint density at radius 2 is 2.04 bits per heavy atom. The van der Waals surface area contributed by atoms with Crippen molar-refractivity contribution in [3.8, 4) is 0 Å². The molecule has 1 fully saturated rings. The van der Waals surface area contributed by atoms with Crippen molar-refractivity contribution in [2.45, 2.75) is 26.2 Å². The minimum absolute atomic E-state index is 0. The molecule has 26 heavy (non-hydrogen) atoms. The van der Waals surface area contributed by atoms with Crippen molar-refractivity contribution >= 4 is 41.5 Å². The molecule has 0 unspecified atom stereocenters. The first kappa shape index (κ1) is 23.5. The van der Waals surface area contributed by atoms with Gasteiger partial charge in [0.1, 0.15) is 0 Å². The van der Waals surface area contributed by atoms with Crippen LogP contribution in [0.5, 0.6) is 0 Å². The number of halogens is 2. The van der Waals surface area contributed by atoms with Crippen molar-refractivity contribution in [1.82, 2.24) is 15.5 Å². The number of nitrogens with one attached hydrogen (secondary N) is 2. The number of morpholine rings is 1. The maximum Gasteiger partial charge on any atom is 0.191 e. The van der Waals surface area contributed by atoms with E-state index in [1.165, 1.54) is 12.0 Å². The van der Waals surface area contributed by atoms with E-state index in [0.29, 0.717) is 0 Å². The molecule has 1 aliphatic rings. The van der Waals surface area contributed by atoms with E-state index in [1.807, 2.05) is 18.2 Å². The first-order valence-electron chi connectivity index (χ1n) is 9.34. The Kier molecular flexibility index (Phi) is 13.1. The van der Waals surface area contributed by atoms with E-state index in [9.17, 15) is 0 Å². The summed E-state index contributed by atoms with van der Waals surface area (Å²) in [7, 11) is 0. The molecule has 2 rings (SSSR count). The number of benzene rings is 1. The Bertz CT molecular complexity index is 524. The van der Waals surface area contributed by atoms with Gasteiger partial charge in [-0.1, -0.05) is 23.7 Å². The van der Waals surface area contributed by atoms with Crippen LogP contribution in [0.2, 0.25) is 5.02 Å². The van der Waals surface area contributed by atoms with Gasteiger partial charge >= 0.3 is 0 Å². The van der Waals surface area contributed by atoms with Crippen molar-refractivity contribution in [2.75, 3.05) is 52.5 Å². The molecule has 0 amide bonds. The van der Waals surface area contributed by atoms with Crippen molar-refractivity contribution in [1.29, 1.82) is 0 Å². The lowest BCUT2D eigenvalue weighted by atomic mass is 10.1. The molecule has 0 spiro atoms. The standard InChI is InChI=1S/C19H31ClN4O.HI/c1-2-21-19(23-10-8-17-6-5-7-18(20)16-17)22-9-3-4-11-24-12-14-25-15-13-24;/h5-7,16H,2-4,8-15H2,1H3,(H2,21,22,23);1H. The number of unbranched alkanes of at least 4 members (excludes halogenated alkanes) is 1. The van der Waals surface area contributed by atoms with Crippen LogP contribution in [-0.4, -0.2) is 63.3 Å². The Labute approximate surface area is 179 Å². The van der Waals surface area contributed by atoms with Gasteiger partial charge in [-0.15, -0.1) is 24.0 Å². The van der Waals surface area contributed by atoms with Crippen LogP contribution in [0.1, 0.15) is 25.3 Å². The number of aliphatic imine (C=N–C) groups is 1. The molecule has 1 aliphatic heterocycles. The van der Waals surface area contributed by atoms with Crippen molar-refractivity contribution in [2.24, 2.45) is 4.99 Å². The molecule has 0 radical (unpaired) electrons. The van der Waals surface area contributed by atoms with Crippen LogP contribution < -0.4 is 10.6 Å². The fourth-order valence-electron chi connectivity index (χ4n) is 2.82. The first-order valence-corrected chi connectivity index (χ1v) is 9.72. The van der Waals surface area contributed by atoms with Gasteiger partial charge in [0.15, 0.2) is 5.96 Å². The molecule has 0 saturated carbocycles. The van der Waals surface area contributed by atoms with Gasteiger partial charge in [-0.05, 0) is 50.4 Å². The number of hydrogen-bond donors (Lipinski definition) is 2. The molecule has 0 aliphatic carbocycles. The van der Waals surface area contributed by atoms with E-state index in [-0.39, 0.29) is 24.0 Å². The lowest BCUT2D eigenvalue weighted by Gasteiger charge is -2.26. The van der Waals surface area contributed by atoms with Crippen molar-refractivity contribution < 1.29 is 4.74 Å². The summed E-state index contributed by atoms with van der Waals surface area (Å²) < 4.78 is 5.37. The van der Waals surface area contributed by atoms with Gasteiger partial charge in [0.2, 0.25) is 0 Å². The van der Waals surface area contributed by atoms with Crippen LogP contribution in [0.15, 0.2) is 29.3 Å². The summed E-state index contributed by atoms with van der Waals surface area (Å²) in [6.07, 6.45) is 3.23. The average Bonchev–Trinajstić information content (AvgIpc) is 2.62. The number of rotatable bonds is 9. The van der Waals surface area contributed by atoms with Gasteiger partial charge in [0.05, 0.1) is 13.2 Å². The van der Waals surface area contributed by atoms with Gasteiger partial charge < -0.3 is 15.4 Å². The fourth-order valence-corrected chi connectivity index (χ4v) is 3.04. The molecule has 0 bridgehead atoms. The van der Waals surface area contributed by atoms with Crippen molar-refractivity contribution in [3.63, 3.8) is 0 Å². The minimum Gasteiger partial charge on any atom is -0.379 e. The number of nitrogens with zero attached hydrogens (tertiary/aromatic N) is 2. The van der Waals surface area contributed by atoms with Crippen LogP contribution in [0.3, 0.4) is 0 Å². The van der Waals surface area contributed by atoms with Gasteiger partial charge in [-0.25, -0.2) is 0 Å². The molecule has 1 saturated heterocycles. The predicted octanol–water partition coefficient (Wildman–Crippen LogP) is 3.17. The van der Waals surface area contributed by atoms with Gasteiger partial charge in [-0.3, -0.25) is 9.89 Å². The lowest BCUT2D eigenvalue weighted by molar-refractivity contribution is 0.0373. The SMILES string of the molecule is CCNC(=NCCCCN1CCOCC1)NCCc1cccc(Cl)c1.I. The van der Waals surface area contributed by atoms with E-state index in [2.05, 4.69) is 33.5 Å². The quantitative estimate of drug-likeness (QED) is 0.240. The summed E-state index contributed by atoms with van der Waals surface area (Å²) in [6, 6.07) is 8.01. The van der Waals surface area contributed by atoms with Gasteiger partial charge in [0, 0.05) is 37.7 Å². The lowest BCUT2D eigenvalue weighted by Crippen LogP contribution is -2.38. The maximum atomic E-state index is 6.02. The predicted molar refractivity (Wildman–Crippen MR) is 121 cm³/mol. The molecule has 0 atom stereocenters. The monoisotopic (exact) mass is 494 g/mol. The molecule has 7 heteroatoms. The smallest absolute Gasteiger partial charge is 0.191 e. The number of guanidine groups is 1. The average molecular weight is 495 g/mol. The molecule has 1 aromatic rings. The van der Waals surface area contributed by atoms with E-state index < -0.39 is 0 Å². The Morgan fingerprint density at radius 3 is 2.77 bits per heavy atom. The number of hydrogen-bond acceptors (Lipinski definition) is 3. The van der Waals surface area contributed by atoms with E-state index in [1.54, 1.807) is 0 Å². The third-order valence-corrected chi connectivity index (χ3v) is 4.43. The highest BCUT2D eigenvalue weighted by Crippen LogP contribution is 2.10. The normalized spacial score (nSPS) is 15.4. The summed E-state index contributed by atoms with van der Waals surface area (Å²) in [4.78, 5) is 7.14. The van der Waals surface area contributed by atoms with Crippen LogP contribution >= 0.6 is 35.6 Å². The third kappa shape index (κ3) is 9.94. The highest BCUT2D eigenvalue weighted by molar-refractivity contribution is 14.0. The molecule has 5 nitrogen and oxygen atoms in total. The maximum absolute atomic E-state index is 6.02. The molecule has 2 N–H and O–H groups in total. The van der Waals surface area contributed by atoms with Gasteiger partial charge in [0.25, 0.3) is 0 Å². The summed E-state index contributed by atoms with van der Waals surface area (Å²) in [5, 5.41) is 7.49. The zero-order valence-electron chi connectivity index (χ0n) is 15.7.